The molecule has 0 aliphatic carbocycles. The maximum absolute atomic E-state index is 13.1. The fraction of sp³-hybridized carbons (Fsp3) is 0.0870. The van der Waals surface area contributed by atoms with Gasteiger partial charge in [0, 0.05) is 6.08 Å². The number of carbonyl (C=O) groups is 1. The first-order chi connectivity index (χ1) is 14.1. The molecule has 0 saturated heterocycles. The van der Waals surface area contributed by atoms with E-state index in [2.05, 4.69) is 0 Å². The normalized spacial score (nSPS) is 10.8. The minimum absolute atomic E-state index is 0.243. The highest BCUT2D eigenvalue weighted by Gasteiger charge is 2.25. The Bertz CT molecular complexity index is 976. The molecule has 0 unspecified atom stereocenters. The molecule has 0 aliphatic rings. The average Bonchev–Trinajstić information content (AvgIpc) is 2.74. The summed E-state index contributed by atoms with van der Waals surface area (Å²) in [5.41, 5.74) is 2.18. The van der Waals surface area contributed by atoms with Crippen LogP contribution in [-0.4, -0.2) is 18.0 Å². The lowest BCUT2D eigenvalue weighted by Crippen LogP contribution is -2.20. The van der Waals surface area contributed by atoms with Crippen molar-refractivity contribution in [3.05, 3.63) is 112 Å². The fourth-order valence-electron chi connectivity index (χ4n) is 2.94. The molecule has 29 heavy (non-hydrogen) atoms. The number of methoxy groups -OCH3 is 1. The smallest absolute Gasteiger partial charge is 0.323 e. The molecule has 0 bridgehead atoms. The highest BCUT2D eigenvalue weighted by molar-refractivity contribution is 5.84. The van der Waals surface area contributed by atoms with Crippen LogP contribution in [0, 0.1) is 10.1 Å². The quantitative estimate of drug-likeness (QED) is 0.254. The van der Waals surface area contributed by atoms with Crippen LogP contribution in [0.4, 0.5) is 0 Å². The highest BCUT2D eigenvalue weighted by Crippen LogP contribution is 2.32. The van der Waals surface area contributed by atoms with Crippen LogP contribution in [0.1, 0.15) is 22.6 Å². The van der Waals surface area contributed by atoms with Gasteiger partial charge in [-0.25, -0.2) is 0 Å². The van der Waals surface area contributed by atoms with Gasteiger partial charge in [0.1, 0.15) is 5.92 Å². The monoisotopic (exact) mass is 389 g/mol. The van der Waals surface area contributed by atoms with E-state index in [0.29, 0.717) is 11.3 Å². The number of nitrogens with zero attached hydrogens (tertiary/aromatic N) is 1. The molecule has 0 amide bonds. The number of hydrogen-bond donors (Lipinski definition) is 0. The van der Waals surface area contributed by atoms with Gasteiger partial charge in [-0.2, -0.15) is 0 Å². The zero-order chi connectivity index (χ0) is 20.6. The molecule has 6 heteroatoms. The third-order valence-electron chi connectivity index (χ3n) is 4.29. The molecule has 0 spiro atoms. The lowest BCUT2D eigenvalue weighted by Gasteiger charge is -2.18. The third kappa shape index (κ3) is 5.07. The summed E-state index contributed by atoms with van der Waals surface area (Å²) in [6.07, 6.45) is 2.17. The fourth-order valence-corrected chi connectivity index (χ4v) is 2.94. The molecule has 0 aliphatic heterocycles. The van der Waals surface area contributed by atoms with Crippen LogP contribution in [-0.2, 0) is 4.79 Å². The van der Waals surface area contributed by atoms with Crippen molar-refractivity contribution in [2.45, 2.75) is 5.92 Å². The Morgan fingerprint density at radius 2 is 1.52 bits per heavy atom. The molecular weight excluding hydrogens is 370 g/mol. The average molecular weight is 389 g/mol. The summed E-state index contributed by atoms with van der Waals surface area (Å²) in [5, 5.41) is 10.5. The van der Waals surface area contributed by atoms with E-state index in [4.69, 9.17) is 9.47 Å². The van der Waals surface area contributed by atoms with Crippen molar-refractivity contribution in [3.8, 4) is 11.5 Å². The topological polar surface area (TPSA) is 78.7 Å². The maximum atomic E-state index is 13.1. The number of nitro groups is 1. The van der Waals surface area contributed by atoms with Crippen LogP contribution >= 0.6 is 0 Å². The number of rotatable bonds is 7. The van der Waals surface area contributed by atoms with Crippen molar-refractivity contribution in [2.75, 3.05) is 7.11 Å². The number of hydrogen-bond acceptors (Lipinski definition) is 5. The SMILES string of the molecule is COc1cc(/C=C/[N+](=O)[O-])ccc1OC(=O)C(c1ccccc1)c1ccccc1. The summed E-state index contributed by atoms with van der Waals surface area (Å²) in [6, 6.07) is 23.5. The largest absolute Gasteiger partial charge is 0.493 e. The van der Waals surface area contributed by atoms with Crippen molar-refractivity contribution >= 4 is 12.0 Å². The van der Waals surface area contributed by atoms with E-state index in [1.54, 1.807) is 18.2 Å². The summed E-state index contributed by atoms with van der Waals surface area (Å²) in [5.74, 6) is -0.498. The Hall–Kier alpha value is -3.93. The van der Waals surface area contributed by atoms with Crippen LogP contribution in [0.15, 0.2) is 85.1 Å². The van der Waals surface area contributed by atoms with Gasteiger partial charge in [-0.15, -0.1) is 0 Å². The van der Waals surface area contributed by atoms with Crippen LogP contribution in [0.5, 0.6) is 11.5 Å². The Morgan fingerprint density at radius 3 is 2.03 bits per heavy atom. The van der Waals surface area contributed by atoms with Gasteiger partial charge in [-0.1, -0.05) is 66.7 Å². The van der Waals surface area contributed by atoms with Gasteiger partial charge in [-0.05, 0) is 28.8 Å². The predicted octanol–water partition coefficient (Wildman–Crippen LogP) is 4.68. The standard InChI is InChI=1S/C23H19NO5/c1-28-21-16-17(14-15-24(26)27)12-13-20(21)29-23(25)22(18-8-4-2-5-9-18)19-10-6-3-7-11-19/h2-16,22H,1H3/b15-14+. The second-order valence-corrected chi connectivity index (χ2v) is 6.19. The van der Waals surface area contributed by atoms with Crippen molar-refractivity contribution in [1.29, 1.82) is 0 Å². The second kappa shape index (κ2) is 9.32. The van der Waals surface area contributed by atoms with Gasteiger partial charge in [0.2, 0.25) is 6.20 Å². The summed E-state index contributed by atoms with van der Waals surface area (Å²) in [7, 11) is 1.44. The van der Waals surface area contributed by atoms with Crippen LogP contribution in [0.3, 0.4) is 0 Å². The Kier molecular flexibility index (Phi) is 6.37. The molecule has 0 atom stereocenters. The van der Waals surface area contributed by atoms with Gasteiger partial charge >= 0.3 is 5.97 Å². The molecule has 0 heterocycles. The molecule has 0 N–H and O–H groups in total. The van der Waals surface area contributed by atoms with Gasteiger partial charge in [0.25, 0.3) is 0 Å². The number of carbonyl (C=O) groups excluding carboxylic acids is 1. The number of ether oxygens (including phenoxy) is 2. The van der Waals surface area contributed by atoms with Gasteiger partial charge in [-0.3, -0.25) is 14.9 Å². The Balaban J connectivity index is 1.91. The Labute approximate surface area is 168 Å². The molecule has 3 rings (SSSR count). The molecule has 0 radical (unpaired) electrons. The van der Waals surface area contributed by atoms with E-state index in [9.17, 15) is 14.9 Å². The zero-order valence-electron chi connectivity index (χ0n) is 15.7. The van der Waals surface area contributed by atoms with Gasteiger partial charge in [0.15, 0.2) is 11.5 Å². The second-order valence-electron chi connectivity index (χ2n) is 6.19. The minimum Gasteiger partial charge on any atom is -0.493 e. The highest BCUT2D eigenvalue weighted by atomic mass is 16.6. The van der Waals surface area contributed by atoms with Crippen LogP contribution in [0.25, 0.3) is 6.08 Å². The van der Waals surface area contributed by atoms with Crippen molar-refractivity contribution in [3.63, 3.8) is 0 Å². The first-order valence-corrected chi connectivity index (χ1v) is 8.90. The van der Waals surface area contributed by atoms with E-state index < -0.39 is 16.8 Å². The molecule has 146 valence electrons. The number of esters is 1. The molecule has 0 saturated carbocycles. The summed E-state index contributed by atoms with van der Waals surface area (Å²) in [6.45, 7) is 0. The maximum Gasteiger partial charge on any atom is 0.323 e. The molecule has 3 aromatic rings. The van der Waals surface area contributed by atoms with E-state index >= 15 is 0 Å². The lowest BCUT2D eigenvalue weighted by atomic mass is 9.91. The van der Waals surface area contributed by atoms with Crippen LogP contribution in [0.2, 0.25) is 0 Å². The Morgan fingerprint density at radius 1 is 0.931 bits per heavy atom. The van der Waals surface area contributed by atoms with Crippen molar-refractivity contribution < 1.29 is 19.2 Å². The zero-order valence-corrected chi connectivity index (χ0v) is 15.7. The number of benzene rings is 3. The summed E-state index contributed by atoms with van der Waals surface area (Å²) < 4.78 is 11.0. The van der Waals surface area contributed by atoms with Gasteiger partial charge in [0.05, 0.1) is 12.0 Å². The van der Waals surface area contributed by atoms with E-state index in [1.807, 2.05) is 60.7 Å². The molecule has 0 aromatic heterocycles. The molecule has 0 fully saturated rings. The predicted molar refractivity (Wildman–Crippen MR) is 109 cm³/mol. The first kappa shape index (κ1) is 19.8. The van der Waals surface area contributed by atoms with Crippen molar-refractivity contribution in [1.82, 2.24) is 0 Å². The third-order valence-corrected chi connectivity index (χ3v) is 4.29. The molecular formula is C23H19NO5. The summed E-state index contributed by atoms with van der Waals surface area (Å²) in [4.78, 5) is 23.1. The van der Waals surface area contributed by atoms with E-state index in [-0.39, 0.29) is 5.75 Å². The van der Waals surface area contributed by atoms with Crippen LogP contribution < -0.4 is 9.47 Å². The van der Waals surface area contributed by atoms with E-state index in [0.717, 1.165) is 17.3 Å². The molecule has 6 nitrogen and oxygen atoms in total. The minimum atomic E-state index is -0.601. The lowest BCUT2D eigenvalue weighted by molar-refractivity contribution is -0.400. The van der Waals surface area contributed by atoms with Crippen molar-refractivity contribution in [2.24, 2.45) is 0 Å². The first-order valence-electron chi connectivity index (χ1n) is 8.90. The molecule has 3 aromatic carbocycles. The summed E-state index contributed by atoms with van der Waals surface area (Å²) >= 11 is 0. The van der Waals surface area contributed by atoms with Gasteiger partial charge < -0.3 is 9.47 Å². The van der Waals surface area contributed by atoms with E-state index in [1.165, 1.54) is 13.2 Å².